The van der Waals surface area contributed by atoms with Gasteiger partial charge in [0.05, 0.1) is 25.3 Å². The SMILES string of the molecule is CCCCCCOc1ccc(C(=O)NNC(=O)CNC(=O)c2ccccc2OCC)cc1. The second-order valence-electron chi connectivity index (χ2n) is 7.05. The molecule has 0 radical (unpaired) electrons. The van der Waals surface area contributed by atoms with Crippen LogP contribution in [0.5, 0.6) is 11.5 Å². The molecule has 0 aliphatic carbocycles. The minimum Gasteiger partial charge on any atom is -0.494 e. The van der Waals surface area contributed by atoms with Crippen LogP contribution in [0.15, 0.2) is 48.5 Å². The molecule has 32 heavy (non-hydrogen) atoms. The Balaban J connectivity index is 1.73. The van der Waals surface area contributed by atoms with E-state index in [2.05, 4.69) is 23.1 Å². The number of amides is 3. The largest absolute Gasteiger partial charge is 0.494 e. The number of ether oxygens (including phenoxy) is 2. The zero-order valence-electron chi connectivity index (χ0n) is 18.6. The van der Waals surface area contributed by atoms with Gasteiger partial charge in [-0.2, -0.15) is 0 Å². The van der Waals surface area contributed by atoms with E-state index < -0.39 is 17.7 Å². The molecule has 8 heteroatoms. The molecular weight excluding hydrogens is 410 g/mol. The number of carbonyl (C=O) groups is 3. The van der Waals surface area contributed by atoms with E-state index in [1.165, 1.54) is 12.8 Å². The second-order valence-corrected chi connectivity index (χ2v) is 7.05. The molecule has 3 amide bonds. The first-order valence-corrected chi connectivity index (χ1v) is 10.9. The predicted octanol–water partition coefficient (Wildman–Crippen LogP) is 3.24. The average molecular weight is 442 g/mol. The van der Waals surface area contributed by atoms with Gasteiger partial charge in [-0.25, -0.2) is 0 Å². The molecule has 2 rings (SSSR count). The standard InChI is InChI=1S/C24H31N3O5/c1-3-5-6-9-16-32-19-14-12-18(13-15-19)23(29)27-26-22(28)17-25-24(30)20-10-7-8-11-21(20)31-4-2/h7-8,10-15H,3-6,9,16-17H2,1-2H3,(H,25,30)(H,26,28)(H,27,29). The Hall–Kier alpha value is -3.55. The summed E-state index contributed by atoms with van der Waals surface area (Å²) in [4.78, 5) is 36.5. The number of nitrogens with one attached hydrogen (secondary N) is 3. The maximum Gasteiger partial charge on any atom is 0.269 e. The van der Waals surface area contributed by atoms with Gasteiger partial charge in [-0.1, -0.05) is 38.3 Å². The van der Waals surface area contributed by atoms with Crippen LogP contribution in [0.2, 0.25) is 0 Å². The van der Waals surface area contributed by atoms with Crippen molar-refractivity contribution in [3.8, 4) is 11.5 Å². The highest BCUT2D eigenvalue weighted by Crippen LogP contribution is 2.17. The van der Waals surface area contributed by atoms with Crippen molar-refractivity contribution in [1.82, 2.24) is 16.2 Å². The lowest BCUT2D eigenvalue weighted by molar-refractivity contribution is -0.120. The zero-order chi connectivity index (χ0) is 23.2. The maximum absolute atomic E-state index is 12.3. The predicted molar refractivity (Wildman–Crippen MR) is 122 cm³/mol. The van der Waals surface area contributed by atoms with E-state index in [9.17, 15) is 14.4 Å². The van der Waals surface area contributed by atoms with Crippen LogP contribution < -0.4 is 25.6 Å². The Labute approximate surface area is 188 Å². The van der Waals surface area contributed by atoms with Gasteiger partial charge in [0, 0.05) is 5.56 Å². The molecule has 0 bridgehead atoms. The molecule has 0 saturated carbocycles. The number of benzene rings is 2. The molecule has 0 unspecified atom stereocenters. The summed E-state index contributed by atoms with van der Waals surface area (Å²) in [5.41, 5.74) is 5.31. The maximum atomic E-state index is 12.3. The molecule has 0 spiro atoms. The first-order chi connectivity index (χ1) is 15.5. The van der Waals surface area contributed by atoms with Gasteiger partial charge in [-0.05, 0) is 49.7 Å². The average Bonchev–Trinajstić information content (AvgIpc) is 2.82. The van der Waals surface area contributed by atoms with Crippen LogP contribution in [-0.2, 0) is 4.79 Å². The zero-order valence-corrected chi connectivity index (χ0v) is 18.6. The normalized spacial score (nSPS) is 10.2. The minimum absolute atomic E-state index is 0.301. The number of unbranched alkanes of at least 4 members (excludes halogenated alkanes) is 3. The quantitative estimate of drug-likeness (QED) is 0.346. The summed E-state index contributed by atoms with van der Waals surface area (Å²) in [6, 6.07) is 13.4. The minimum atomic E-state index is -0.562. The van der Waals surface area contributed by atoms with Crippen molar-refractivity contribution in [3.63, 3.8) is 0 Å². The molecule has 0 aromatic heterocycles. The Morgan fingerprint density at radius 1 is 0.812 bits per heavy atom. The van der Waals surface area contributed by atoms with E-state index in [0.29, 0.717) is 35.8 Å². The smallest absolute Gasteiger partial charge is 0.269 e. The van der Waals surface area contributed by atoms with E-state index in [1.54, 1.807) is 48.5 Å². The first kappa shape index (κ1) is 24.7. The Morgan fingerprint density at radius 3 is 2.28 bits per heavy atom. The van der Waals surface area contributed by atoms with Crippen molar-refractivity contribution in [2.45, 2.75) is 39.5 Å². The van der Waals surface area contributed by atoms with E-state index in [4.69, 9.17) is 9.47 Å². The van der Waals surface area contributed by atoms with Crippen LogP contribution >= 0.6 is 0 Å². The third-order valence-corrected chi connectivity index (χ3v) is 4.54. The summed E-state index contributed by atoms with van der Waals surface area (Å²) in [6.45, 7) is 4.74. The fourth-order valence-electron chi connectivity index (χ4n) is 2.86. The lowest BCUT2D eigenvalue weighted by Gasteiger charge is -2.11. The van der Waals surface area contributed by atoms with Crippen molar-refractivity contribution in [1.29, 1.82) is 0 Å². The van der Waals surface area contributed by atoms with Gasteiger partial charge in [0.15, 0.2) is 0 Å². The van der Waals surface area contributed by atoms with Gasteiger partial charge in [0.25, 0.3) is 17.7 Å². The van der Waals surface area contributed by atoms with Crippen molar-refractivity contribution in [2.24, 2.45) is 0 Å². The molecule has 8 nitrogen and oxygen atoms in total. The topological polar surface area (TPSA) is 106 Å². The summed E-state index contributed by atoms with van der Waals surface area (Å²) in [6.07, 6.45) is 4.50. The van der Waals surface area contributed by atoms with Crippen LogP contribution in [-0.4, -0.2) is 37.5 Å². The van der Waals surface area contributed by atoms with Crippen LogP contribution in [0.4, 0.5) is 0 Å². The van der Waals surface area contributed by atoms with Crippen LogP contribution in [0.1, 0.15) is 60.2 Å². The van der Waals surface area contributed by atoms with Gasteiger partial charge in [0.1, 0.15) is 11.5 Å². The Morgan fingerprint density at radius 2 is 1.56 bits per heavy atom. The first-order valence-electron chi connectivity index (χ1n) is 10.9. The third-order valence-electron chi connectivity index (χ3n) is 4.54. The molecule has 0 aliphatic rings. The van der Waals surface area contributed by atoms with Gasteiger partial charge in [-0.3, -0.25) is 25.2 Å². The van der Waals surface area contributed by atoms with Crippen molar-refractivity contribution >= 4 is 17.7 Å². The molecule has 0 heterocycles. The number of rotatable bonds is 12. The summed E-state index contributed by atoms with van der Waals surface area (Å²) in [7, 11) is 0. The fraction of sp³-hybridized carbons (Fsp3) is 0.375. The van der Waals surface area contributed by atoms with E-state index >= 15 is 0 Å². The molecular formula is C24H31N3O5. The van der Waals surface area contributed by atoms with Gasteiger partial charge >= 0.3 is 0 Å². The van der Waals surface area contributed by atoms with Crippen LogP contribution in [0.25, 0.3) is 0 Å². The monoisotopic (exact) mass is 441 g/mol. The number of hydrazine groups is 1. The molecule has 3 N–H and O–H groups in total. The van der Waals surface area contributed by atoms with Gasteiger partial charge < -0.3 is 14.8 Å². The fourth-order valence-corrected chi connectivity index (χ4v) is 2.86. The number of carbonyl (C=O) groups excluding carboxylic acids is 3. The van der Waals surface area contributed by atoms with E-state index in [1.807, 2.05) is 6.92 Å². The van der Waals surface area contributed by atoms with E-state index in [0.717, 1.165) is 12.8 Å². The van der Waals surface area contributed by atoms with Gasteiger partial charge in [0.2, 0.25) is 0 Å². The van der Waals surface area contributed by atoms with Crippen molar-refractivity contribution in [3.05, 3.63) is 59.7 Å². The Bertz CT molecular complexity index is 883. The summed E-state index contributed by atoms with van der Waals surface area (Å²) in [5.74, 6) is -0.346. The lowest BCUT2D eigenvalue weighted by atomic mass is 10.2. The molecule has 0 aliphatic heterocycles. The highest BCUT2D eigenvalue weighted by molar-refractivity contribution is 5.99. The molecule has 0 saturated heterocycles. The number of hydrogen-bond donors (Lipinski definition) is 3. The second kappa shape index (κ2) is 13.7. The number of para-hydroxylation sites is 1. The van der Waals surface area contributed by atoms with Crippen molar-refractivity contribution in [2.75, 3.05) is 19.8 Å². The van der Waals surface area contributed by atoms with Gasteiger partial charge in [-0.15, -0.1) is 0 Å². The van der Waals surface area contributed by atoms with Crippen molar-refractivity contribution < 1.29 is 23.9 Å². The van der Waals surface area contributed by atoms with E-state index in [-0.39, 0.29) is 6.54 Å². The van der Waals surface area contributed by atoms with Crippen LogP contribution in [0.3, 0.4) is 0 Å². The molecule has 2 aromatic rings. The molecule has 0 atom stereocenters. The third kappa shape index (κ3) is 8.29. The highest BCUT2D eigenvalue weighted by atomic mass is 16.5. The number of hydrogen-bond acceptors (Lipinski definition) is 5. The highest BCUT2D eigenvalue weighted by Gasteiger charge is 2.13. The summed E-state index contributed by atoms with van der Waals surface area (Å²) < 4.78 is 11.1. The van der Waals surface area contributed by atoms with Crippen LogP contribution in [0, 0.1) is 0 Å². The Kier molecular flexibility index (Phi) is 10.6. The lowest BCUT2D eigenvalue weighted by Crippen LogP contribution is -2.46. The molecule has 172 valence electrons. The molecule has 2 aromatic carbocycles. The summed E-state index contributed by atoms with van der Waals surface area (Å²) in [5, 5.41) is 2.50. The summed E-state index contributed by atoms with van der Waals surface area (Å²) >= 11 is 0. The molecule has 0 fully saturated rings.